The van der Waals surface area contributed by atoms with Crippen LogP contribution in [0.5, 0.6) is 0 Å². The third-order valence-electron chi connectivity index (χ3n) is 4.76. The number of carbonyl (C=O) groups is 2. The number of rotatable bonds is 7. The molecule has 1 aromatic carbocycles. The maximum Gasteiger partial charge on any atom is 0.227 e. The molecule has 2 rings (SSSR count). The second-order valence-electron chi connectivity index (χ2n) is 6.64. The lowest BCUT2D eigenvalue weighted by Crippen LogP contribution is -2.36. The van der Waals surface area contributed by atoms with Crippen molar-refractivity contribution >= 4 is 40.7 Å². The van der Waals surface area contributed by atoms with E-state index in [1.54, 1.807) is 18.2 Å². The van der Waals surface area contributed by atoms with Crippen LogP contribution in [-0.4, -0.2) is 18.4 Å². The third kappa shape index (κ3) is 5.89. The van der Waals surface area contributed by atoms with Gasteiger partial charge >= 0.3 is 0 Å². The molecule has 0 atom stereocenters. The molecule has 138 valence electrons. The normalized spacial score (nSPS) is 20.1. The molecule has 0 bridgehead atoms. The van der Waals surface area contributed by atoms with Crippen LogP contribution < -0.4 is 10.6 Å². The predicted octanol–water partition coefficient (Wildman–Crippen LogP) is 5.04. The minimum absolute atomic E-state index is 0.0282. The Labute approximate surface area is 159 Å². The van der Waals surface area contributed by atoms with E-state index in [0.717, 1.165) is 51.5 Å². The van der Waals surface area contributed by atoms with Gasteiger partial charge in [-0.1, -0.05) is 49.0 Å². The molecule has 0 aliphatic heterocycles. The lowest BCUT2D eigenvalue weighted by Gasteiger charge is -2.27. The first kappa shape index (κ1) is 20.1. The number of amides is 2. The number of anilines is 1. The smallest absolute Gasteiger partial charge is 0.227 e. The first-order valence-corrected chi connectivity index (χ1v) is 9.81. The summed E-state index contributed by atoms with van der Waals surface area (Å²) in [6, 6.07) is 5.18. The lowest BCUT2D eigenvalue weighted by molar-refractivity contribution is -0.128. The molecule has 2 N–H and O–H groups in total. The van der Waals surface area contributed by atoms with Crippen LogP contribution in [0.2, 0.25) is 10.0 Å². The molecule has 0 saturated heterocycles. The van der Waals surface area contributed by atoms with Crippen molar-refractivity contribution in [3.63, 3.8) is 0 Å². The SMILES string of the molecule is CCCCCNC(=O)C1CCC(C(=O)Nc2cccc(Cl)c2Cl)CC1. The van der Waals surface area contributed by atoms with Crippen LogP contribution >= 0.6 is 23.2 Å². The quantitative estimate of drug-likeness (QED) is 0.646. The summed E-state index contributed by atoms with van der Waals surface area (Å²) in [5.74, 6) is 0.0263. The van der Waals surface area contributed by atoms with Crippen LogP contribution in [0.3, 0.4) is 0 Å². The molecule has 1 aliphatic rings. The number of unbranched alkanes of at least 4 members (excludes halogenated alkanes) is 2. The van der Waals surface area contributed by atoms with E-state index in [2.05, 4.69) is 17.6 Å². The highest BCUT2D eigenvalue weighted by Gasteiger charge is 2.30. The van der Waals surface area contributed by atoms with E-state index in [1.165, 1.54) is 0 Å². The number of benzene rings is 1. The molecule has 2 amide bonds. The molecule has 4 nitrogen and oxygen atoms in total. The summed E-state index contributed by atoms with van der Waals surface area (Å²) in [4.78, 5) is 24.6. The van der Waals surface area contributed by atoms with Crippen LogP contribution in [0.4, 0.5) is 5.69 Å². The van der Waals surface area contributed by atoms with Crippen molar-refractivity contribution in [1.29, 1.82) is 0 Å². The Hall–Kier alpha value is -1.26. The Balaban J connectivity index is 1.78. The largest absolute Gasteiger partial charge is 0.356 e. The van der Waals surface area contributed by atoms with E-state index in [1.807, 2.05) is 0 Å². The number of carbonyl (C=O) groups excluding carboxylic acids is 2. The maximum absolute atomic E-state index is 12.4. The summed E-state index contributed by atoms with van der Waals surface area (Å²) < 4.78 is 0. The molecular formula is C19H26Cl2N2O2. The summed E-state index contributed by atoms with van der Waals surface area (Å²) in [7, 11) is 0. The second-order valence-corrected chi connectivity index (χ2v) is 7.42. The van der Waals surface area contributed by atoms with Gasteiger partial charge in [-0.3, -0.25) is 9.59 Å². The first-order chi connectivity index (χ1) is 12.0. The molecular weight excluding hydrogens is 359 g/mol. The fraction of sp³-hybridized carbons (Fsp3) is 0.579. The average Bonchev–Trinajstić information content (AvgIpc) is 2.62. The average molecular weight is 385 g/mol. The molecule has 1 aliphatic carbocycles. The van der Waals surface area contributed by atoms with Crippen molar-refractivity contribution in [3.8, 4) is 0 Å². The molecule has 0 radical (unpaired) electrons. The van der Waals surface area contributed by atoms with Crippen LogP contribution in [0, 0.1) is 11.8 Å². The topological polar surface area (TPSA) is 58.2 Å². The Kier molecular flexibility index (Phi) is 8.04. The molecule has 0 unspecified atom stereocenters. The van der Waals surface area contributed by atoms with E-state index < -0.39 is 0 Å². The van der Waals surface area contributed by atoms with Gasteiger partial charge in [-0.05, 0) is 44.2 Å². The van der Waals surface area contributed by atoms with Crippen LogP contribution in [0.25, 0.3) is 0 Å². The molecule has 1 saturated carbocycles. The van der Waals surface area contributed by atoms with E-state index in [0.29, 0.717) is 15.7 Å². The summed E-state index contributed by atoms with van der Waals surface area (Å²) in [6.07, 6.45) is 6.25. The molecule has 0 spiro atoms. The minimum atomic E-state index is -0.0841. The van der Waals surface area contributed by atoms with Crippen molar-refractivity contribution in [2.24, 2.45) is 11.8 Å². The monoisotopic (exact) mass is 384 g/mol. The van der Waals surface area contributed by atoms with Gasteiger partial charge in [-0.25, -0.2) is 0 Å². The Morgan fingerprint density at radius 1 is 1.04 bits per heavy atom. The molecule has 1 aromatic rings. The first-order valence-electron chi connectivity index (χ1n) is 9.05. The van der Waals surface area contributed by atoms with Crippen LogP contribution in [0.1, 0.15) is 51.9 Å². The van der Waals surface area contributed by atoms with Gasteiger partial charge in [0.1, 0.15) is 0 Å². The fourth-order valence-electron chi connectivity index (χ4n) is 3.18. The van der Waals surface area contributed by atoms with Crippen molar-refractivity contribution < 1.29 is 9.59 Å². The summed E-state index contributed by atoms with van der Waals surface area (Å²) in [6.45, 7) is 2.89. The molecule has 1 fully saturated rings. The van der Waals surface area contributed by atoms with Gasteiger partial charge in [0.2, 0.25) is 11.8 Å². The van der Waals surface area contributed by atoms with Gasteiger partial charge in [-0.2, -0.15) is 0 Å². The van der Waals surface area contributed by atoms with E-state index in [-0.39, 0.29) is 23.7 Å². The van der Waals surface area contributed by atoms with Crippen LogP contribution in [-0.2, 0) is 9.59 Å². The Morgan fingerprint density at radius 3 is 2.32 bits per heavy atom. The van der Waals surface area contributed by atoms with Gasteiger partial charge in [0, 0.05) is 18.4 Å². The molecule has 0 heterocycles. The number of halogens is 2. The second kappa shape index (κ2) is 10.0. The highest BCUT2D eigenvalue weighted by atomic mass is 35.5. The number of hydrogen-bond donors (Lipinski definition) is 2. The summed E-state index contributed by atoms with van der Waals surface area (Å²) in [5, 5.41) is 6.65. The van der Waals surface area contributed by atoms with Gasteiger partial charge in [0.25, 0.3) is 0 Å². The Bertz CT molecular complexity index is 599. The van der Waals surface area contributed by atoms with Gasteiger partial charge in [0.05, 0.1) is 15.7 Å². The summed E-state index contributed by atoms with van der Waals surface area (Å²) in [5.41, 5.74) is 0.537. The van der Waals surface area contributed by atoms with Crippen molar-refractivity contribution in [2.75, 3.05) is 11.9 Å². The zero-order chi connectivity index (χ0) is 18.2. The minimum Gasteiger partial charge on any atom is -0.356 e. The van der Waals surface area contributed by atoms with E-state index >= 15 is 0 Å². The fourth-order valence-corrected chi connectivity index (χ4v) is 3.53. The molecule has 6 heteroatoms. The van der Waals surface area contributed by atoms with Gasteiger partial charge in [-0.15, -0.1) is 0 Å². The molecule has 25 heavy (non-hydrogen) atoms. The van der Waals surface area contributed by atoms with Crippen molar-refractivity contribution in [2.45, 2.75) is 51.9 Å². The Morgan fingerprint density at radius 2 is 1.68 bits per heavy atom. The van der Waals surface area contributed by atoms with Gasteiger partial charge < -0.3 is 10.6 Å². The van der Waals surface area contributed by atoms with Crippen molar-refractivity contribution in [3.05, 3.63) is 28.2 Å². The number of hydrogen-bond acceptors (Lipinski definition) is 2. The molecule has 0 aromatic heterocycles. The van der Waals surface area contributed by atoms with Crippen molar-refractivity contribution in [1.82, 2.24) is 5.32 Å². The number of nitrogens with one attached hydrogen (secondary N) is 2. The van der Waals surface area contributed by atoms with E-state index in [4.69, 9.17) is 23.2 Å². The maximum atomic E-state index is 12.4. The van der Waals surface area contributed by atoms with Crippen LogP contribution in [0.15, 0.2) is 18.2 Å². The standard InChI is InChI=1S/C19H26Cl2N2O2/c1-2-3-4-12-22-18(24)13-8-10-14(11-9-13)19(25)23-16-7-5-6-15(20)17(16)21/h5-7,13-14H,2-4,8-12H2,1H3,(H,22,24)(H,23,25). The van der Waals surface area contributed by atoms with Gasteiger partial charge in [0.15, 0.2) is 0 Å². The van der Waals surface area contributed by atoms with E-state index in [9.17, 15) is 9.59 Å². The predicted molar refractivity (Wildman–Crippen MR) is 103 cm³/mol. The zero-order valence-electron chi connectivity index (χ0n) is 14.6. The highest BCUT2D eigenvalue weighted by Crippen LogP contribution is 2.33. The zero-order valence-corrected chi connectivity index (χ0v) is 16.1. The summed E-state index contributed by atoms with van der Waals surface area (Å²) >= 11 is 12.1. The lowest BCUT2D eigenvalue weighted by atomic mass is 9.81. The third-order valence-corrected chi connectivity index (χ3v) is 5.58. The highest BCUT2D eigenvalue weighted by molar-refractivity contribution is 6.44.